The molecule has 2 amide bonds. The fourth-order valence-corrected chi connectivity index (χ4v) is 2.53. The molecular formula is C16H22N2O3. The maximum atomic E-state index is 12.5. The van der Waals surface area contributed by atoms with Crippen LogP contribution < -0.4 is 5.32 Å². The van der Waals surface area contributed by atoms with Crippen molar-refractivity contribution in [2.45, 2.75) is 25.8 Å². The molecule has 1 aliphatic heterocycles. The Kier molecular flexibility index (Phi) is 5.47. The van der Waals surface area contributed by atoms with Crippen LogP contribution in [0.15, 0.2) is 24.3 Å². The van der Waals surface area contributed by atoms with Gasteiger partial charge in [-0.25, -0.2) is 0 Å². The summed E-state index contributed by atoms with van der Waals surface area (Å²) in [5, 5.41) is 3.31. The number of hydrogen-bond acceptors (Lipinski definition) is 4. The number of nitrogens with one attached hydrogen (secondary N) is 1. The second-order valence-electron chi connectivity index (χ2n) is 5.25. The number of hydrogen-bond donors (Lipinski definition) is 1. The Morgan fingerprint density at radius 2 is 2.10 bits per heavy atom. The summed E-state index contributed by atoms with van der Waals surface area (Å²) in [5.41, 5.74) is 1.44. The predicted molar refractivity (Wildman–Crippen MR) is 80.1 cm³/mol. The molecular weight excluding hydrogens is 268 g/mol. The van der Waals surface area contributed by atoms with Gasteiger partial charge in [-0.1, -0.05) is 25.1 Å². The van der Waals surface area contributed by atoms with Gasteiger partial charge in [-0.05, 0) is 24.6 Å². The molecule has 0 fully saturated rings. The van der Waals surface area contributed by atoms with Gasteiger partial charge in [0.15, 0.2) is 0 Å². The quantitative estimate of drug-likeness (QED) is 0.767. The van der Waals surface area contributed by atoms with Crippen molar-refractivity contribution < 1.29 is 14.3 Å². The van der Waals surface area contributed by atoms with Crippen molar-refractivity contribution >= 4 is 11.8 Å². The molecule has 1 N–H and O–H groups in total. The van der Waals surface area contributed by atoms with Crippen LogP contribution in [0.4, 0.5) is 0 Å². The first-order valence-corrected chi connectivity index (χ1v) is 7.32. The lowest BCUT2D eigenvalue weighted by molar-refractivity contribution is -0.128. The number of ether oxygens (including phenoxy) is 1. The number of fused-ring (bicyclic) bond motifs is 1. The van der Waals surface area contributed by atoms with Gasteiger partial charge >= 0.3 is 0 Å². The lowest BCUT2D eigenvalue weighted by Crippen LogP contribution is -2.51. The molecule has 5 heteroatoms. The zero-order valence-electron chi connectivity index (χ0n) is 12.6. The standard InChI is InChI=1S/C16H22N2O3/c1-3-8-17-13(11-21-2)10-18-15(19)9-12-6-4-5-7-14(12)16(18)20/h4-7,13,17H,3,8-11H2,1-2H3. The zero-order chi connectivity index (χ0) is 15.2. The Hall–Kier alpha value is -1.72. The highest BCUT2D eigenvalue weighted by atomic mass is 16.5. The molecule has 1 aromatic rings. The smallest absolute Gasteiger partial charge is 0.260 e. The number of benzene rings is 1. The first-order chi connectivity index (χ1) is 10.2. The molecule has 21 heavy (non-hydrogen) atoms. The minimum atomic E-state index is -0.207. The second-order valence-corrected chi connectivity index (χ2v) is 5.25. The predicted octanol–water partition coefficient (Wildman–Crippen LogP) is 1.23. The average molecular weight is 290 g/mol. The number of imide groups is 1. The van der Waals surface area contributed by atoms with Crippen molar-refractivity contribution in [1.82, 2.24) is 10.2 Å². The minimum Gasteiger partial charge on any atom is -0.383 e. The number of carbonyl (C=O) groups excluding carboxylic acids is 2. The van der Waals surface area contributed by atoms with E-state index in [1.165, 1.54) is 4.90 Å². The molecule has 114 valence electrons. The zero-order valence-corrected chi connectivity index (χ0v) is 12.6. The van der Waals surface area contributed by atoms with Gasteiger partial charge in [-0.15, -0.1) is 0 Å². The highest BCUT2D eigenvalue weighted by Crippen LogP contribution is 2.19. The Morgan fingerprint density at radius 3 is 2.81 bits per heavy atom. The number of carbonyl (C=O) groups is 2. The lowest BCUT2D eigenvalue weighted by atomic mass is 9.98. The third-order valence-electron chi connectivity index (χ3n) is 3.59. The molecule has 1 heterocycles. The monoisotopic (exact) mass is 290 g/mol. The number of amides is 2. The first-order valence-electron chi connectivity index (χ1n) is 7.32. The van der Waals surface area contributed by atoms with Gasteiger partial charge in [0.1, 0.15) is 0 Å². The van der Waals surface area contributed by atoms with Crippen LogP contribution in [0.1, 0.15) is 29.3 Å². The maximum absolute atomic E-state index is 12.5. The molecule has 0 aromatic heterocycles. The van der Waals surface area contributed by atoms with E-state index in [1.54, 1.807) is 13.2 Å². The van der Waals surface area contributed by atoms with E-state index < -0.39 is 0 Å². The third-order valence-corrected chi connectivity index (χ3v) is 3.59. The number of rotatable bonds is 7. The van der Waals surface area contributed by atoms with E-state index in [4.69, 9.17) is 4.74 Å². The number of nitrogens with zero attached hydrogens (tertiary/aromatic N) is 1. The van der Waals surface area contributed by atoms with Gasteiger partial charge in [0, 0.05) is 25.3 Å². The fourth-order valence-electron chi connectivity index (χ4n) is 2.53. The summed E-state index contributed by atoms with van der Waals surface area (Å²) in [6, 6.07) is 7.26. The van der Waals surface area contributed by atoms with Crippen molar-refractivity contribution in [3.8, 4) is 0 Å². The summed E-state index contributed by atoms with van der Waals surface area (Å²) in [5.74, 6) is -0.348. The molecule has 0 radical (unpaired) electrons. The lowest BCUT2D eigenvalue weighted by Gasteiger charge is -2.30. The van der Waals surface area contributed by atoms with Gasteiger partial charge in [-0.2, -0.15) is 0 Å². The third kappa shape index (κ3) is 3.68. The van der Waals surface area contributed by atoms with Gasteiger partial charge in [0.25, 0.3) is 5.91 Å². The Morgan fingerprint density at radius 1 is 1.33 bits per heavy atom. The molecule has 0 saturated carbocycles. The summed E-state index contributed by atoms with van der Waals surface area (Å²) < 4.78 is 5.17. The van der Waals surface area contributed by atoms with E-state index in [0.29, 0.717) is 18.7 Å². The molecule has 1 unspecified atom stereocenters. The van der Waals surface area contributed by atoms with Gasteiger partial charge in [-0.3, -0.25) is 14.5 Å². The van der Waals surface area contributed by atoms with Crippen LogP contribution in [0, 0.1) is 0 Å². The van der Waals surface area contributed by atoms with Crippen LogP contribution in [-0.4, -0.2) is 49.6 Å². The van der Waals surface area contributed by atoms with Crippen molar-refractivity contribution in [3.05, 3.63) is 35.4 Å². The van der Waals surface area contributed by atoms with Crippen LogP contribution in [-0.2, 0) is 16.0 Å². The average Bonchev–Trinajstić information content (AvgIpc) is 2.49. The van der Waals surface area contributed by atoms with Gasteiger partial charge in [0.05, 0.1) is 13.0 Å². The SMILES string of the molecule is CCCNC(COC)CN1C(=O)Cc2ccccc2C1=O. The van der Waals surface area contributed by atoms with Crippen LogP contribution in [0.2, 0.25) is 0 Å². The largest absolute Gasteiger partial charge is 0.383 e. The topological polar surface area (TPSA) is 58.6 Å². The summed E-state index contributed by atoms with van der Waals surface area (Å²) in [4.78, 5) is 26.0. The Bertz CT molecular complexity index is 516. The highest BCUT2D eigenvalue weighted by molar-refractivity contribution is 6.09. The number of methoxy groups -OCH3 is 1. The van der Waals surface area contributed by atoms with Gasteiger partial charge in [0.2, 0.25) is 5.91 Å². The van der Waals surface area contributed by atoms with E-state index in [-0.39, 0.29) is 24.3 Å². The van der Waals surface area contributed by atoms with Crippen LogP contribution >= 0.6 is 0 Å². The molecule has 1 aromatic carbocycles. The molecule has 2 rings (SSSR count). The van der Waals surface area contributed by atoms with Crippen LogP contribution in [0.5, 0.6) is 0 Å². The summed E-state index contributed by atoms with van der Waals surface area (Å²) in [6.45, 7) is 3.73. The van der Waals surface area contributed by atoms with E-state index in [2.05, 4.69) is 12.2 Å². The van der Waals surface area contributed by atoms with E-state index >= 15 is 0 Å². The Balaban J connectivity index is 2.12. The minimum absolute atomic E-state index is 0.0342. The van der Waals surface area contributed by atoms with Crippen LogP contribution in [0.3, 0.4) is 0 Å². The molecule has 0 aliphatic carbocycles. The van der Waals surface area contributed by atoms with E-state index in [1.807, 2.05) is 18.2 Å². The summed E-state index contributed by atoms with van der Waals surface area (Å²) in [7, 11) is 1.62. The highest BCUT2D eigenvalue weighted by Gasteiger charge is 2.32. The van der Waals surface area contributed by atoms with Crippen LogP contribution in [0.25, 0.3) is 0 Å². The molecule has 5 nitrogen and oxygen atoms in total. The second kappa shape index (κ2) is 7.33. The van der Waals surface area contributed by atoms with Crippen molar-refractivity contribution in [2.75, 3.05) is 26.8 Å². The van der Waals surface area contributed by atoms with Gasteiger partial charge < -0.3 is 10.1 Å². The van der Waals surface area contributed by atoms with Crippen molar-refractivity contribution in [2.24, 2.45) is 0 Å². The van der Waals surface area contributed by atoms with Crippen molar-refractivity contribution in [1.29, 1.82) is 0 Å². The molecule has 1 atom stereocenters. The maximum Gasteiger partial charge on any atom is 0.260 e. The first kappa shape index (κ1) is 15.7. The summed E-state index contributed by atoms with van der Waals surface area (Å²) in [6.07, 6.45) is 1.28. The van der Waals surface area contributed by atoms with E-state index in [0.717, 1.165) is 18.5 Å². The molecule has 0 saturated heterocycles. The normalized spacial score (nSPS) is 16.0. The molecule has 1 aliphatic rings. The van der Waals surface area contributed by atoms with E-state index in [9.17, 15) is 9.59 Å². The fraction of sp³-hybridized carbons (Fsp3) is 0.500. The molecule has 0 bridgehead atoms. The molecule has 0 spiro atoms. The Labute approximate surface area is 125 Å². The summed E-state index contributed by atoms with van der Waals surface area (Å²) >= 11 is 0. The van der Waals surface area contributed by atoms with Crippen molar-refractivity contribution in [3.63, 3.8) is 0 Å².